The van der Waals surface area contributed by atoms with Gasteiger partial charge in [0, 0.05) is 32.2 Å². The van der Waals surface area contributed by atoms with Crippen molar-refractivity contribution in [2.45, 2.75) is 0 Å². The highest BCUT2D eigenvalue weighted by Crippen LogP contribution is 2.12. The van der Waals surface area contributed by atoms with Crippen LogP contribution in [0.25, 0.3) is 0 Å². The molecule has 0 radical (unpaired) electrons. The molecule has 0 atom stereocenters. The molecule has 1 aromatic heterocycles. The third-order valence-electron chi connectivity index (χ3n) is 3.99. The molecule has 0 saturated carbocycles. The Morgan fingerprint density at radius 2 is 1.69 bits per heavy atom. The van der Waals surface area contributed by atoms with E-state index >= 15 is 0 Å². The first kappa shape index (κ1) is 17.6. The molecule has 2 heterocycles. The summed E-state index contributed by atoms with van der Waals surface area (Å²) in [4.78, 5) is 38.7. The summed E-state index contributed by atoms with van der Waals surface area (Å²) in [6.45, 7) is 1.33. The predicted octanol–water partition coefficient (Wildman–Crippen LogP) is 0.272. The van der Waals surface area contributed by atoms with E-state index in [2.05, 4.69) is 10.2 Å². The van der Waals surface area contributed by atoms with Crippen LogP contribution in [-0.2, 0) is 4.79 Å². The molecule has 1 fully saturated rings. The Labute approximate surface area is 148 Å². The number of carbonyl (C=O) groups is 2. The minimum absolute atomic E-state index is 0.152. The first-order valence-electron chi connectivity index (χ1n) is 8.04. The van der Waals surface area contributed by atoms with Crippen LogP contribution in [0.2, 0.25) is 0 Å². The molecule has 1 N–H and O–H groups in total. The number of benzene rings is 1. The molecule has 9 heteroatoms. The third kappa shape index (κ3) is 4.24. The van der Waals surface area contributed by atoms with Crippen LogP contribution in [0.15, 0.2) is 41.2 Å². The number of amides is 2. The molecule has 1 aliphatic rings. The molecule has 0 aliphatic carbocycles. The number of nitrogens with zero attached hydrogens (tertiary/aromatic N) is 3. The summed E-state index contributed by atoms with van der Waals surface area (Å²) >= 11 is 0. The fraction of sp³-hybridized carbons (Fsp3) is 0.294. The molecule has 1 aromatic carbocycles. The zero-order valence-corrected chi connectivity index (χ0v) is 13.9. The highest BCUT2D eigenvalue weighted by molar-refractivity contribution is 5.92. The van der Waals surface area contributed by atoms with Crippen molar-refractivity contribution in [3.63, 3.8) is 0 Å². The van der Waals surface area contributed by atoms with Crippen LogP contribution in [0, 0.1) is 5.82 Å². The molecule has 3 rings (SSSR count). The van der Waals surface area contributed by atoms with Crippen molar-refractivity contribution in [2.24, 2.45) is 0 Å². The number of rotatable bonds is 4. The Bertz CT molecular complexity index is 824. The smallest absolute Gasteiger partial charge is 0.274 e. The number of aromatic nitrogens is 2. The molecule has 0 spiro atoms. The van der Waals surface area contributed by atoms with Gasteiger partial charge in [-0.25, -0.2) is 9.49 Å². The number of nitrogens with one attached hydrogen (secondary N) is 1. The van der Waals surface area contributed by atoms with Crippen LogP contribution in [0.5, 0.6) is 5.75 Å². The molecule has 26 heavy (non-hydrogen) atoms. The number of aromatic amines is 1. The SMILES string of the molecule is O=C(COc1ccc(F)cc1)N1CCN(C(=O)c2ccc(=O)[nH]n2)CC1. The maximum atomic E-state index is 12.8. The van der Waals surface area contributed by atoms with Crippen LogP contribution in [-0.4, -0.2) is 64.6 Å². The second-order valence-electron chi connectivity index (χ2n) is 5.72. The number of hydrogen-bond donors (Lipinski definition) is 1. The first-order chi connectivity index (χ1) is 12.5. The van der Waals surface area contributed by atoms with E-state index in [1.807, 2.05) is 0 Å². The molecule has 1 aliphatic heterocycles. The van der Waals surface area contributed by atoms with Gasteiger partial charge < -0.3 is 14.5 Å². The average Bonchev–Trinajstić information content (AvgIpc) is 2.67. The Morgan fingerprint density at radius 1 is 1.04 bits per heavy atom. The summed E-state index contributed by atoms with van der Waals surface area (Å²) in [5, 5.41) is 5.95. The molecular formula is C17H17FN4O4. The minimum Gasteiger partial charge on any atom is -0.484 e. The fourth-order valence-electron chi connectivity index (χ4n) is 2.55. The van der Waals surface area contributed by atoms with E-state index < -0.39 is 0 Å². The van der Waals surface area contributed by atoms with Gasteiger partial charge in [0.25, 0.3) is 17.4 Å². The molecule has 136 valence electrons. The zero-order valence-electron chi connectivity index (χ0n) is 13.9. The number of piperazine rings is 1. The largest absolute Gasteiger partial charge is 0.484 e. The van der Waals surface area contributed by atoms with Gasteiger partial charge in [0.15, 0.2) is 6.61 Å². The lowest BCUT2D eigenvalue weighted by atomic mass is 10.2. The summed E-state index contributed by atoms with van der Waals surface area (Å²) < 4.78 is 18.2. The van der Waals surface area contributed by atoms with Gasteiger partial charge in [-0.05, 0) is 30.3 Å². The molecule has 1 saturated heterocycles. The van der Waals surface area contributed by atoms with Gasteiger partial charge in [-0.2, -0.15) is 5.10 Å². The number of H-pyrrole nitrogens is 1. The summed E-state index contributed by atoms with van der Waals surface area (Å²) in [5.74, 6) is -0.460. The maximum absolute atomic E-state index is 12.8. The summed E-state index contributed by atoms with van der Waals surface area (Å²) in [5.41, 5.74) is -0.220. The lowest BCUT2D eigenvalue weighted by Crippen LogP contribution is -2.51. The van der Waals surface area contributed by atoms with Crippen molar-refractivity contribution in [2.75, 3.05) is 32.8 Å². The average molecular weight is 360 g/mol. The summed E-state index contributed by atoms with van der Waals surface area (Å²) in [7, 11) is 0. The van der Waals surface area contributed by atoms with Crippen molar-refractivity contribution in [3.05, 3.63) is 58.3 Å². The van der Waals surface area contributed by atoms with E-state index in [-0.39, 0.29) is 35.5 Å². The predicted molar refractivity (Wildman–Crippen MR) is 89.2 cm³/mol. The van der Waals surface area contributed by atoms with Crippen LogP contribution in [0.3, 0.4) is 0 Å². The first-order valence-corrected chi connectivity index (χ1v) is 8.04. The van der Waals surface area contributed by atoms with Crippen molar-refractivity contribution in [1.29, 1.82) is 0 Å². The lowest BCUT2D eigenvalue weighted by Gasteiger charge is -2.34. The molecule has 8 nitrogen and oxygen atoms in total. The summed E-state index contributed by atoms with van der Waals surface area (Å²) in [6, 6.07) is 8.04. The van der Waals surface area contributed by atoms with Gasteiger partial charge in [0.05, 0.1) is 0 Å². The third-order valence-corrected chi connectivity index (χ3v) is 3.99. The lowest BCUT2D eigenvalue weighted by molar-refractivity contribution is -0.134. The maximum Gasteiger partial charge on any atom is 0.274 e. The number of hydrogen-bond acceptors (Lipinski definition) is 5. The Kier molecular flexibility index (Phi) is 5.26. The second-order valence-corrected chi connectivity index (χ2v) is 5.72. The van der Waals surface area contributed by atoms with Gasteiger partial charge in [-0.3, -0.25) is 14.4 Å². The van der Waals surface area contributed by atoms with Crippen LogP contribution in [0.4, 0.5) is 4.39 Å². The van der Waals surface area contributed by atoms with E-state index in [9.17, 15) is 18.8 Å². The normalized spacial score (nSPS) is 14.2. The van der Waals surface area contributed by atoms with E-state index in [1.165, 1.54) is 36.4 Å². The second kappa shape index (κ2) is 7.77. The topological polar surface area (TPSA) is 95.6 Å². The van der Waals surface area contributed by atoms with Crippen molar-refractivity contribution in [1.82, 2.24) is 20.0 Å². The number of ether oxygens (including phenoxy) is 1. The van der Waals surface area contributed by atoms with Gasteiger partial charge in [-0.15, -0.1) is 0 Å². The minimum atomic E-state index is -0.377. The van der Waals surface area contributed by atoms with Crippen molar-refractivity contribution >= 4 is 11.8 Å². The zero-order chi connectivity index (χ0) is 18.5. The fourth-order valence-corrected chi connectivity index (χ4v) is 2.55. The molecular weight excluding hydrogens is 343 g/mol. The molecule has 0 unspecified atom stereocenters. The van der Waals surface area contributed by atoms with Crippen LogP contribution >= 0.6 is 0 Å². The Hall–Kier alpha value is -3.23. The van der Waals surface area contributed by atoms with Gasteiger partial charge in [-0.1, -0.05) is 0 Å². The van der Waals surface area contributed by atoms with E-state index in [1.54, 1.807) is 9.80 Å². The van der Waals surface area contributed by atoms with E-state index in [0.717, 1.165) is 0 Å². The highest BCUT2D eigenvalue weighted by Gasteiger charge is 2.25. The van der Waals surface area contributed by atoms with Crippen molar-refractivity contribution < 1.29 is 18.7 Å². The Morgan fingerprint density at radius 3 is 2.31 bits per heavy atom. The van der Waals surface area contributed by atoms with Gasteiger partial charge in [0.1, 0.15) is 17.3 Å². The molecule has 0 bridgehead atoms. The van der Waals surface area contributed by atoms with Crippen LogP contribution < -0.4 is 10.3 Å². The van der Waals surface area contributed by atoms with E-state index in [0.29, 0.717) is 31.9 Å². The molecule has 2 aromatic rings. The highest BCUT2D eigenvalue weighted by atomic mass is 19.1. The van der Waals surface area contributed by atoms with Gasteiger partial charge >= 0.3 is 0 Å². The monoisotopic (exact) mass is 360 g/mol. The Balaban J connectivity index is 1.48. The molecule has 2 amide bonds. The van der Waals surface area contributed by atoms with E-state index in [4.69, 9.17) is 4.74 Å². The van der Waals surface area contributed by atoms with Crippen LogP contribution in [0.1, 0.15) is 10.5 Å². The standard InChI is InChI=1S/C17H17FN4O4/c18-12-1-3-13(4-2-12)26-11-16(24)21-7-9-22(10-8-21)17(25)14-5-6-15(23)20-19-14/h1-6H,7-11H2,(H,20,23). The quantitative estimate of drug-likeness (QED) is 0.845. The number of carbonyl (C=O) groups excluding carboxylic acids is 2. The van der Waals surface area contributed by atoms with Crippen molar-refractivity contribution in [3.8, 4) is 5.75 Å². The summed E-state index contributed by atoms with van der Waals surface area (Å²) in [6.07, 6.45) is 0. The number of halogens is 1. The van der Waals surface area contributed by atoms with Gasteiger partial charge in [0.2, 0.25) is 0 Å².